The molecule has 4 rings (SSSR count). The first-order valence-corrected chi connectivity index (χ1v) is 11.2. The third kappa shape index (κ3) is 7.51. The highest BCUT2D eigenvalue weighted by atomic mass is 16.5. The number of hydrogen-bond acceptors (Lipinski definition) is 8. The Balaban J connectivity index is 0.000000392. The minimum Gasteiger partial charge on any atom is -0.545 e. The maximum absolute atomic E-state index is 9.41. The van der Waals surface area contributed by atoms with Crippen LogP contribution in [0.4, 0.5) is 0 Å². The van der Waals surface area contributed by atoms with Crippen molar-refractivity contribution in [2.75, 3.05) is 27.2 Å². The van der Waals surface area contributed by atoms with Gasteiger partial charge in [0.15, 0.2) is 5.65 Å². The fourth-order valence-electron chi connectivity index (χ4n) is 3.33. The highest BCUT2D eigenvalue weighted by Crippen LogP contribution is 2.28. The summed E-state index contributed by atoms with van der Waals surface area (Å²) in [7, 11) is 4.14. The van der Waals surface area contributed by atoms with Crippen LogP contribution in [-0.2, 0) is 9.59 Å². The predicted octanol–water partition coefficient (Wildman–Crippen LogP) is 1.46. The summed E-state index contributed by atoms with van der Waals surface area (Å²) in [6.45, 7) is 1.73. The molecule has 0 bridgehead atoms. The molecule has 36 heavy (non-hydrogen) atoms. The molecule has 0 radical (unpaired) electrons. The van der Waals surface area contributed by atoms with E-state index in [0.29, 0.717) is 18.8 Å². The molecule has 186 valence electrons. The molecule has 2 heterocycles. The molecule has 9 nitrogen and oxygen atoms in total. The van der Waals surface area contributed by atoms with E-state index in [0.717, 1.165) is 46.7 Å². The van der Waals surface area contributed by atoms with E-state index in [2.05, 4.69) is 42.2 Å². The van der Waals surface area contributed by atoms with Crippen LogP contribution in [0.3, 0.4) is 0 Å². The maximum atomic E-state index is 9.41. The van der Waals surface area contributed by atoms with Gasteiger partial charge in [0.25, 0.3) is 0 Å². The summed E-state index contributed by atoms with van der Waals surface area (Å²) in [4.78, 5) is 25.6. The highest BCUT2D eigenvalue weighted by molar-refractivity contribution is 5.92. The lowest BCUT2D eigenvalue weighted by Crippen LogP contribution is -2.23. The van der Waals surface area contributed by atoms with E-state index in [1.807, 2.05) is 53.2 Å². The largest absolute Gasteiger partial charge is 0.545 e. The van der Waals surface area contributed by atoms with Crippen molar-refractivity contribution < 1.29 is 24.5 Å². The van der Waals surface area contributed by atoms with Crippen molar-refractivity contribution in [3.8, 4) is 22.7 Å². The van der Waals surface area contributed by atoms with Crippen LogP contribution < -0.4 is 14.9 Å². The molecule has 0 unspecified atom stereocenters. The SMILES string of the molecule is CN(C)CCCOc1ccc(-n2nc(-c3ccccc3)c3cccnc32)cc1.O=C([O-])/C=C\C(=O)[O-]. The molecule has 0 atom stereocenters. The number of carboxylic acids is 2. The number of nitrogens with zero attached hydrogens (tertiary/aromatic N) is 4. The molecule has 0 aliphatic carbocycles. The van der Waals surface area contributed by atoms with Crippen LogP contribution in [0.25, 0.3) is 28.0 Å². The van der Waals surface area contributed by atoms with Crippen molar-refractivity contribution in [1.82, 2.24) is 19.7 Å². The first kappa shape index (κ1) is 26.1. The van der Waals surface area contributed by atoms with E-state index >= 15 is 0 Å². The molecule has 4 aromatic rings. The third-order valence-electron chi connectivity index (χ3n) is 4.94. The summed E-state index contributed by atoms with van der Waals surface area (Å²) in [6.07, 6.45) is 3.57. The van der Waals surface area contributed by atoms with Gasteiger partial charge < -0.3 is 29.4 Å². The summed E-state index contributed by atoms with van der Waals surface area (Å²) in [5, 5.41) is 24.7. The molecule has 0 amide bonds. The smallest absolute Gasteiger partial charge is 0.163 e. The number of hydrogen-bond donors (Lipinski definition) is 0. The minimum atomic E-state index is -1.55. The quantitative estimate of drug-likeness (QED) is 0.257. The zero-order chi connectivity index (χ0) is 25.9. The van der Waals surface area contributed by atoms with E-state index in [1.54, 1.807) is 6.20 Å². The number of rotatable bonds is 9. The average Bonchev–Trinajstić information content (AvgIpc) is 3.26. The number of carbonyl (C=O) groups excluding carboxylic acids is 2. The zero-order valence-corrected chi connectivity index (χ0v) is 20.0. The minimum absolute atomic E-state index is 0.384. The molecule has 0 fully saturated rings. The molecule has 0 N–H and O–H groups in total. The fraction of sp³-hybridized carbons (Fsp3) is 0.185. The molecule has 2 aromatic heterocycles. The lowest BCUT2D eigenvalue weighted by Gasteiger charge is -2.10. The summed E-state index contributed by atoms with van der Waals surface area (Å²) >= 11 is 0. The average molecular weight is 487 g/mol. The Morgan fingerprint density at radius 1 is 0.944 bits per heavy atom. The Morgan fingerprint density at radius 3 is 2.22 bits per heavy atom. The van der Waals surface area contributed by atoms with Gasteiger partial charge in [-0.25, -0.2) is 9.67 Å². The van der Waals surface area contributed by atoms with Crippen LogP contribution in [0.1, 0.15) is 6.42 Å². The summed E-state index contributed by atoms with van der Waals surface area (Å²) in [5.74, 6) is -2.22. The van der Waals surface area contributed by atoms with Gasteiger partial charge in [-0.2, -0.15) is 5.10 Å². The first-order valence-electron chi connectivity index (χ1n) is 11.2. The third-order valence-corrected chi connectivity index (χ3v) is 4.94. The number of aromatic nitrogens is 3. The standard InChI is InChI=1S/C23H24N4O.C4H4O4/c1-26(2)16-7-17-28-20-13-11-19(12-14-20)27-23-21(10-6-15-24-23)22(25-27)18-8-4-3-5-9-18;5-3(6)1-2-4(7)8/h3-6,8-15H,7,16-17H2,1-2H3;1-2H,(H,5,6)(H,7,8)/p-2/b;2-1-. The van der Waals surface area contributed by atoms with Crippen LogP contribution in [0, 0.1) is 0 Å². The van der Waals surface area contributed by atoms with E-state index in [4.69, 9.17) is 9.84 Å². The van der Waals surface area contributed by atoms with Crippen molar-refractivity contribution in [3.05, 3.63) is 85.1 Å². The summed E-state index contributed by atoms with van der Waals surface area (Å²) in [5.41, 5.74) is 3.83. The fourth-order valence-corrected chi connectivity index (χ4v) is 3.33. The molecule has 0 spiro atoms. The molecular formula is C27H26N4O5-2. The van der Waals surface area contributed by atoms with E-state index in [9.17, 15) is 19.8 Å². The molecular weight excluding hydrogens is 460 g/mol. The second kappa shape index (κ2) is 12.8. The van der Waals surface area contributed by atoms with Crippen molar-refractivity contribution >= 4 is 23.0 Å². The number of carbonyl (C=O) groups is 2. The van der Waals surface area contributed by atoms with Gasteiger partial charge in [-0.15, -0.1) is 0 Å². The monoisotopic (exact) mass is 486 g/mol. The predicted molar refractivity (Wildman–Crippen MR) is 132 cm³/mol. The normalized spacial score (nSPS) is 10.9. The molecule has 2 aromatic carbocycles. The second-order valence-corrected chi connectivity index (χ2v) is 7.97. The Morgan fingerprint density at radius 2 is 1.61 bits per heavy atom. The first-order chi connectivity index (χ1) is 17.3. The van der Waals surface area contributed by atoms with Crippen LogP contribution in [-0.4, -0.2) is 58.8 Å². The van der Waals surface area contributed by atoms with Gasteiger partial charge in [0, 0.05) is 23.7 Å². The Labute approximate surface area is 208 Å². The zero-order valence-electron chi connectivity index (χ0n) is 20.0. The molecule has 0 aliphatic heterocycles. The van der Waals surface area contributed by atoms with Crippen LogP contribution in [0.15, 0.2) is 85.1 Å². The maximum Gasteiger partial charge on any atom is 0.163 e. The van der Waals surface area contributed by atoms with Gasteiger partial charge in [0.1, 0.15) is 11.4 Å². The van der Waals surface area contributed by atoms with Crippen LogP contribution in [0.5, 0.6) is 5.75 Å². The number of fused-ring (bicyclic) bond motifs is 1. The summed E-state index contributed by atoms with van der Waals surface area (Å²) in [6, 6.07) is 22.3. The second-order valence-electron chi connectivity index (χ2n) is 7.97. The van der Waals surface area contributed by atoms with E-state index < -0.39 is 11.9 Å². The van der Waals surface area contributed by atoms with Crippen molar-refractivity contribution in [2.45, 2.75) is 6.42 Å². The van der Waals surface area contributed by atoms with Gasteiger partial charge in [0.2, 0.25) is 0 Å². The molecule has 0 saturated carbocycles. The van der Waals surface area contributed by atoms with Gasteiger partial charge in [-0.3, -0.25) is 0 Å². The highest BCUT2D eigenvalue weighted by Gasteiger charge is 2.14. The topological polar surface area (TPSA) is 123 Å². The lowest BCUT2D eigenvalue weighted by molar-refractivity contribution is -0.301. The van der Waals surface area contributed by atoms with Crippen LogP contribution in [0.2, 0.25) is 0 Å². The van der Waals surface area contributed by atoms with Gasteiger partial charge in [-0.1, -0.05) is 30.3 Å². The molecule has 0 saturated heterocycles. The van der Waals surface area contributed by atoms with Gasteiger partial charge in [0.05, 0.1) is 24.2 Å². The molecule has 0 aliphatic rings. The number of aliphatic carboxylic acids is 2. The number of carboxylic acid groups (broad SMARTS) is 2. The lowest BCUT2D eigenvalue weighted by atomic mass is 10.1. The molecule has 9 heteroatoms. The van der Waals surface area contributed by atoms with Crippen LogP contribution >= 0.6 is 0 Å². The Kier molecular flexibility index (Phi) is 9.30. The van der Waals surface area contributed by atoms with E-state index in [1.165, 1.54) is 0 Å². The Hall–Kier alpha value is -4.50. The Bertz CT molecular complexity index is 1300. The number of pyridine rings is 1. The van der Waals surface area contributed by atoms with Crippen molar-refractivity contribution in [3.63, 3.8) is 0 Å². The van der Waals surface area contributed by atoms with E-state index in [-0.39, 0.29) is 0 Å². The summed E-state index contributed by atoms with van der Waals surface area (Å²) < 4.78 is 7.73. The number of benzene rings is 2. The van der Waals surface area contributed by atoms with Crippen molar-refractivity contribution in [1.29, 1.82) is 0 Å². The van der Waals surface area contributed by atoms with Crippen molar-refractivity contribution in [2.24, 2.45) is 0 Å². The van der Waals surface area contributed by atoms with Gasteiger partial charge >= 0.3 is 0 Å². The number of ether oxygens (including phenoxy) is 1. The van der Waals surface area contributed by atoms with Gasteiger partial charge in [-0.05, 0) is 69.1 Å².